The number of rotatable bonds is 5. The fourth-order valence-corrected chi connectivity index (χ4v) is 6.67. The van der Waals surface area contributed by atoms with Crippen molar-refractivity contribution in [3.63, 3.8) is 0 Å². The van der Waals surface area contributed by atoms with Gasteiger partial charge in [-0.15, -0.1) is 0 Å². The third-order valence-corrected chi connectivity index (χ3v) is 8.65. The smallest absolute Gasteiger partial charge is 0.248 e. The molecule has 7 rings (SSSR count). The molecule has 3 atom stereocenters. The highest BCUT2D eigenvalue weighted by Crippen LogP contribution is 2.50. The molecular weight excluding hydrogens is 485 g/mol. The Morgan fingerprint density at radius 1 is 1.13 bits per heavy atom. The number of allylic oxidation sites excluding steroid dienone is 1. The van der Waals surface area contributed by atoms with Crippen LogP contribution in [0.15, 0.2) is 40.9 Å². The van der Waals surface area contributed by atoms with E-state index in [1.807, 2.05) is 11.0 Å². The predicted molar refractivity (Wildman–Crippen MR) is 141 cm³/mol. The number of aliphatic hydroxyl groups is 1. The van der Waals surface area contributed by atoms with Gasteiger partial charge in [-0.05, 0) is 63.0 Å². The van der Waals surface area contributed by atoms with Gasteiger partial charge in [-0.2, -0.15) is 9.61 Å². The number of halogens is 1. The van der Waals surface area contributed by atoms with Gasteiger partial charge in [-0.1, -0.05) is 6.07 Å². The Balaban J connectivity index is 1.27. The number of amides is 1. The van der Waals surface area contributed by atoms with E-state index >= 15 is 0 Å². The monoisotopic (exact) mass is 515 g/mol. The van der Waals surface area contributed by atoms with Gasteiger partial charge in [0.25, 0.3) is 0 Å². The van der Waals surface area contributed by atoms with Crippen molar-refractivity contribution in [1.82, 2.24) is 24.5 Å². The summed E-state index contributed by atoms with van der Waals surface area (Å²) in [4.78, 5) is 28.3. The summed E-state index contributed by atoms with van der Waals surface area (Å²) in [5.41, 5.74) is 12.6. The highest BCUT2D eigenvalue weighted by atomic mass is 19.1. The molecule has 1 saturated carbocycles. The van der Waals surface area contributed by atoms with E-state index in [1.54, 1.807) is 29.9 Å². The number of hydrogen-bond donors (Lipinski definition) is 2. The average molecular weight is 516 g/mol. The first-order chi connectivity index (χ1) is 18.4. The zero-order valence-electron chi connectivity index (χ0n) is 21.3. The van der Waals surface area contributed by atoms with Crippen LogP contribution in [0.3, 0.4) is 0 Å². The molecule has 6 heterocycles. The summed E-state index contributed by atoms with van der Waals surface area (Å²) in [5, 5.41) is 14.1. The van der Waals surface area contributed by atoms with Gasteiger partial charge in [0.15, 0.2) is 11.5 Å². The summed E-state index contributed by atoms with van der Waals surface area (Å²) in [5.74, 6) is 0.745. The number of carbonyl (C=O) groups excluding carboxylic acids is 1. The van der Waals surface area contributed by atoms with Gasteiger partial charge < -0.3 is 15.7 Å². The van der Waals surface area contributed by atoms with Crippen molar-refractivity contribution < 1.29 is 14.3 Å². The quantitative estimate of drug-likeness (QED) is 0.536. The number of piperidine rings is 1. The van der Waals surface area contributed by atoms with Gasteiger partial charge in [0.2, 0.25) is 5.91 Å². The number of anilines is 1. The number of nitrogens with zero attached hydrogens (tertiary/aromatic N) is 6. The zero-order valence-corrected chi connectivity index (χ0v) is 21.3. The lowest BCUT2D eigenvalue weighted by molar-refractivity contribution is -0.138. The van der Waals surface area contributed by atoms with Crippen LogP contribution in [0.1, 0.15) is 74.2 Å². The second-order valence-electron chi connectivity index (χ2n) is 11.1. The lowest BCUT2D eigenvalue weighted by Crippen LogP contribution is -2.47. The summed E-state index contributed by atoms with van der Waals surface area (Å²) in [6, 6.07) is 3.93. The second kappa shape index (κ2) is 8.69. The Morgan fingerprint density at radius 3 is 2.50 bits per heavy atom. The molecule has 3 aliphatic heterocycles. The Kier molecular flexibility index (Phi) is 5.36. The molecule has 9 nitrogen and oxygen atoms in total. The maximum Gasteiger partial charge on any atom is 0.248 e. The topological polar surface area (TPSA) is 122 Å². The van der Waals surface area contributed by atoms with Crippen LogP contribution in [0.5, 0.6) is 0 Å². The van der Waals surface area contributed by atoms with Crippen LogP contribution in [-0.2, 0) is 4.79 Å². The molecule has 3 aromatic heterocycles. The van der Waals surface area contributed by atoms with Gasteiger partial charge in [0.05, 0.1) is 24.1 Å². The Hall–Kier alpha value is -3.66. The van der Waals surface area contributed by atoms with E-state index < -0.39 is 6.61 Å². The number of pyridine rings is 1. The molecule has 2 bridgehead atoms. The van der Waals surface area contributed by atoms with E-state index in [0.29, 0.717) is 40.9 Å². The molecule has 10 heteroatoms. The number of nitrogens with two attached hydrogens (primary N) is 1. The van der Waals surface area contributed by atoms with E-state index in [0.717, 1.165) is 60.9 Å². The molecule has 2 saturated heterocycles. The van der Waals surface area contributed by atoms with Crippen molar-refractivity contribution >= 4 is 23.1 Å². The van der Waals surface area contributed by atoms with Crippen molar-refractivity contribution in [1.29, 1.82) is 0 Å². The SMILES string of the molecule is CC1=C(F)C(c2ccc(-c3cnn4c(N)c(C5CC5)c(C5C[C@H]6CC[C@@H](C5)N6C(=O)CO)nc34)cn2)=NC1. The minimum Gasteiger partial charge on any atom is -0.387 e. The molecule has 3 aromatic rings. The van der Waals surface area contributed by atoms with Gasteiger partial charge in [0.1, 0.15) is 18.1 Å². The molecule has 1 unspecified atom stereocenters. The number of carbonyl (C=O) groups is 1. The van der Waals surface area contributed by atoms with E-state index in [1.165, 1.54) is 0 Å². The van der Waals surface area contributed by atoms with E-state index in [2.05, 4.69) is 15.1 Å². The normalized spacial score (nSPS) is 25.0. The molecular formula is C28H30FN7O2. The summed E-state index contributed by atoms with van der Waals surface area (Å²) in [6.07, 6.45) is 9.22. The first-order valence-electron chi connectivity index (χ1n) is 13.4. The van der Waals surface area contributed by atoms with Crippen molar-refractivity contribution in [2.75, 3.05) is 18.9 Å². The van der Waals surface area contributed by atoms with Crippen LogP contribution in [0.25, 0.3) is 16.8 Å². The first kappa shape index (κ1) is 23.5. The molecule has 196 valence electrons. The maximum atomic E-state index is 14.4. The first-order valence-corrected chi connectivity index (χ1v) is 13.4. The molecule has 0 spiro atoms. The summed E-state index contributed by atoms with van der Waals surface area (Å²) < 4.78 is 16.1. The van der Waals surface area contributed by atoms with Crippen LogP contribution in [0.4, 0.5) is 10.2 Å². The minimum absolute atomic E-state index is 0.127. The number of fused-ring (bicyclic) bond motifs is 3. The van der Waals surface area contributed by atoms with Gasteiger partial charge in [-0.3, -0.25) is 14.8 Å². The van der Waals surface area contributed by atoms with E-state index in [9.17, 15) is 14.3 Å². The molecule has 3 fully saturated rings. The van der Waals surface area contributed by atoms with Crippen LogP contribution >= 0.6 is 0 Å². The molecule has 3 N–H and O–H groups in total. The van der Waals surface area contributed by atoms with Crippen molar-refractivity contribution in [3.8, 4) is 11.1 Å². The number of aromatic nitrogens is 4. The van der Waals surface area contributed by atoms with Crippen molar-refractivity contribution in [3.05, 3.63) is 52.9 Å². The minimum atomic E-state index is -0.440. The fraction of sp³-hybridized carbons (Fsp3) is 0.464. The van der Waals surface area contributed by atoms with Crippen LogP contribution in [0.2, 0.25) is 0 Å². The largest absolute Gasteiger partial charge is 0.387 e. The number of aliphatic imine (C=N–C) groups is 1. The van der Waals surface area contributed by atoms with Crippen LogP contribution in [-0.4, -0.2) is 66.4 Å². The summed E-state index contributed by atoms with van der Waals surface area (Å²) in [6.45, 7) is 1.66. The van der Waals surface area contributed by atoms with Crippen LogP contribution < -0.4 is 5.73 Å². The highest BCUT2D eigenvalue weighted by Gasteiger charge is 2.45. The molecule has 4 aliphatic rings. The predicted octanol–water partition coefficient (Wildman–Crippen LogP) is 3.53. The van der Waals surface area contributed by atoms with E-state index in [-0.39, 0.29) is 29.7 Å². The Bertz CT molecular complexity index is 1510. The third kappa shape index (κ3) is 3.57. The Labute approximate surface area is 219 Å². The van der Waals surface area contributed by atoms with Gasteiger partial charge in [0, 0.05) is 40.9 Å². The lowest BCUT2D eigenvalue weighted by atomic mass is 9.85. The molecule has 1 aliphatic carbocycles. The lowest BCUT2D eigenvalue weighted by Gasteiger charge is -2.39. The highest BCUT2D eigenvalue weighted by molar-refractivity contribution is 6.11. The molecule has 38 heavy (non-hydrogen) atoms. The molecule has 0 radical (unpaired) electrons. The maximum absolute atomic E-state index is 14.4. The molecule has 1 amide bonds. The number of hydrogen-bond acceptors (Lipinski definition) is 7. The van der Waals surface area contributed by atoms with Crippen molar-refractivity contribution in [2.24, 2.45) is 4.99 Å². The standard InChI is InChI=1S/C28H30FN7O2/c1-14-10-32-26(24(14)29)21-7-4-16(11-31-21)20-12-33-36-27(30)23(15-2-3-15)25(34-28(20)36)17-8-18-5-6-19(9-17)35(18)22(38)13-37/h4,7,11-12,15,17-19,37H,2-3,5-6,8-10,13,30H2,1H3/t17?,18-,19+. The summed E-state index contributed by atoms with van der Waals surface area (Å²) in [7, 11) is 0. The summed E-state index contributed by atoms with van der Waals surface area (Å²) >= 11 is 0. The fourth-order valence-electron chi connectivity index (χ4n) is 6.67. The van der Waals surface area contributed by atoms with Gasteiger partial charge >= 0.3 is 0 Å². The molecule has 0 aromatic carbocycles. The average Bonchev–Trinajstić information content (AvgIpc) is 3.50. The van der Waals surface area contributed by atoms with Crippen LogP contribution in [0, 0.1) is 0 Å². The second-order valence-corrected chi connectivity index (χ2v) is 11.1. The third-order valence-electron chi connectivity index (χ3n) is 8.65. The van der Waals surface area contributed by atoms with E-state index in [4.69, 9.17) is 10.7 Å². The number of nitrogen functional groups attached to an aromatic ring is 1. The van der Waals surface area contributed by atoms with Crippen molar-refractivity contribution in [2.45, 2.75) is 69.4 Å². The zero-order chi connectivity index (χ0) is 26.1. The number of aliphatic hydroxyl groups excluding tert-OH is 1. The Morgan fingerprint density at radius 2 is 1.89 bits per heavy atom. The van der Waals surface area contributed by atoms with Gasteiger partial charge in [-0.25, -0.2) is 9.37 Å².